The molecule has 9 nitrogen and oxygen atoms in total. The first-order valence-corrected chi connectivity index (χ1v) is 5.59. The zero-order valence-electron chi connectivity index (χ0n) is 7.87. The Morgan fingerprint density at radius 3 is 2.19 bits per heavy atom. The fourth-order valence-electron chi connectivity index (χ4n) is 1.33. The van der Waals surface area contributed by atoms with Gasteiger partial charge in [0, 0.05) is 0 Å². The van der Waals surface area contributed by atoms with Gasteiger partial charge in [0.05, 0.1) is 6.61 Å². The van der Waals surface area contributed by atoms with Crippen LogP contribution in [-0.4, -0.2) is 70.7 Å². The second kappa shape index (κ2) is 4.89. The van der Waals surface area contributed by atoms with Gasteiger partial charge in [0.1, 0.15) is 24.4 Å². The number of aliphatic hydroxyl groups excluding tert-OH is 4. The summed E-state index contributed by atoms with van der Waals surface area (Å²) in [4.78, 5) is 0. The molecule has 16 heavy (non-hydrogen) atoms. The van der Waals surface area contributed by atoms with Gasteiger partial charge in [0.15, 0.2) is 6.29 Å². The Morgan fingerprint density at radius 2 is 1.75 bits per heavy atom. The van der Waals surface area contributed by atoms with E-state index in [1.807, 2.05) is 0 Å². The summed E-state index contributed by atoms with van der Waals surface area (Å²) in [5.74, 6) is 0. The van der Waals surface area contributed by atoms with E-state index >= 15 is 0 Å². The maximum Gasteiger partial charge on any atom is 0.397 e. The molecule has 1 aliphatic heterocycles. The van der Waals surface area contributed by atoms with Crippen molar-refractivity contribution in [3.8, 4) is 0 Å². The van der Waals surface area contributed by atoms with E-state index in [0.717, 1.165) is 0 Å². The summed E-state index contributed by atoms with van der Waals surface area (Å²) in [5.41, 5.74) is 0. The lowest BCUT2D eigenvalue weighted by molar-refractivity contribution is -0.282. The molecule has 1 unspecified atom stereocenters. The van der Waals surface area contributed by atoms with Gasteiger partial charge in [0.25, 0.3) is 0 Å². The van der Waals surface area contributed by atoms with Crippen LogP contribution in [0, 0.1) is 0 Å². The van der Waals surface area contributed by atoms with Crippen LogP contribution in [0.5, 0.6) is 0 Å². The Balaban J connectivity index is 2.85. The fourth-order valence-corrected chi connectivity index (χ4v) is 1.84. The molecule has 0 amide bonds. The topological polar surface area (TPSA) is 154 Å². The van der Waals surface area contributed by atoms with E-state index < -0.39 is 47.7 Å². The van der Waals surface area contributed by atoms with Crippen LogP contribution in [0.2, 0.25) is 0 Å². The SMILES string of the molecule is O=S(=O)(O)O[C@H]1[C@H](O)[C@@H](O)C(O)O[C@@H]1CO. The zero-order valence-corrected chi connectivity index (χ0v) is 8.69. The molecule has 1 saturated heterocycles. The molecule has 5 N–H and O–H groups in total. The van der Waals surface area contributed by atoms with E-state index in [1.54, 1.807) is 0 Å². The Kier molecular flexibility index (Phi) is 4.20. The molecule has 1 fully saturated rings. The van der Waals surface area contributed by atoms with Crippen molar-refractivity contribution in [2.45, 2.75) is 30.7 Å². The summed E-state index contributed by atoms with van der Waals surface area (Å²) >= 11 is 0. The van der Waals surface area contributed by atoms with Gasteiger partial charge in [-0.05, 0) is 0 Å². The molecule has 96 valence electrons. The maximum atomic E-state index is 10.4. The minimum Gasteiger partial charge on any atom is -0.394 e. The van der Waals surface area contributed by atoms with Crippen molar-refractivity contribution in [3.63, 3.8) is 0 Å². The van der Waals surface area contributed by atoms with Gasteiger partial charge in [-0.2, -0.15) is 8.42 Å². The molecule has 1 aliphatic rings. The van der Waals surface area contributed by atoms with E-state index in [-0.39, 0.29) is 0 Å². The smallest absolute Gasteiger partial charge is 0.394 e. The zero-order chi connectivity index (χ0) is 12.5. The molecule has 0 saturated carbocycles. The molecule has 1 heterocycles. The van der Waals surface area contributed by atoms with Crippen molar-refractivity contribution in [1.82, 2.24) is 0 Å². The van der Waals surface area contributed by atoms with Gasteiger partial charge < -0.3 is 25.2 Å². The Labute approximate surface area is 90.8 Å². The average molecular weight is 260 g/mol. The molecule has 10 heteroatoms. The van der Waals surface area contributed by atoms with Gasteiger partial charge in [0.2, 0.25) is 0 Å². The standard InChI is InChI=1S/C6H12O9S/c7-1-2-5(15-16(11,12)13)3(8)4(9)6(10)14-2/h2-10H,1H2,(H,11,12,13)/t2-,3-,4-,5-,6?/m1/s1. The largest absolute Gasteiger partial charge is 0.397 e. The predicted octanol–water partition coefficient (Wildman–Crippen LogP) is -3.39. The van der Waals surface area contributed by atoms with E-state index in [0.29, 0.717) is 0 Å². The molecule has 0 aliphatic carbocycles. The van der Waals surface area contributed by atoms with Crippen LogP contribution in [0.4, 0.5) is 0 Å². The quantitative estimate of drug-likeness (QED) is 0.327. The summed E-state index contributed by atoms with van der Waals surface area (Å²) in [6.07, 6.45) is -8.53. The van der Waals surface area contributed by atoms with Gasteiger partial charge in [-0.25, -0.2) is 4.18 Å². The maximum absolute atomic E-state index is 10.4. The van der Waals surface area contributed by atoms with Crippen molar-refractivity contribution in [2.75, 3.05) is 6.61 Å². The highest BCUT2D eigenvalue weighted by Crippen LogP contribution is 2.23. The van der Waals surface area contributed by atoms with Crippen molar-refractivity contribution in [1.29, 1.82) is 0 Å². The van der Waals surface area contributed by atoms with Crippen LogP contribution in [0.3, 0.4) is 0 Å². The van der Waals surface area contributed by atoms with Gasteiger partial charge >= 0.3 is 10.4 Å². The highest BCUT2D eigenvalue weighted by Gasteiger charge is 2.46. The lowest BCUT2D eigenvalue weighted by atomic mass is 9.99. The number of ether oxygens (including phenoxy) is 1. The van der Waals surface area contributed by atoms with Gasteiger partial charge in [-0.1, -0.05) is 0 Å². The average Bonchev–Trinajstić information content (AvgIpc) is 2.17. The van der Waals surface area contributed by atoms with Crippen LogP contribution in [-0.2, 0) is 19.3 Å². The summed E-state index contributed by atoms with van der Waals surface area (Å²) in [5, 5.41) is 36.4. The van der Waals surface area contributed by atoms with Crippen LogP contribution in [0.15, 0.2) is 0 Å². The molecule has 0 aromatic rings. The normalized spacial score (nSPS) is 40.9. The summed E-state index contributed by atoms with van der Waals surface area (Å²) < 4.78 is 37.9. The molecule has 1 rings (SSSR count). The second-order valence-corrected chi connectivity index (χ2v) is 4.27. The van der Waals surface area contributed by atoms with Gasteiger partial charge in [-0.3, -0.25) is 4.55 Å². The Morgan fingerprint density at radius 1 is 1.19 bits per heavy atom. The summed E-state index contributed by atoms with van der Waals surface area (Å²) in [6, 6.07) is 0. The molecule has 0 radical (unpaired) electrons. The third-order valence-electron chi connectivity index (χ3n) is 2.07. The third-order valence-corrected chi connectivity index (χ3v) is 2.54. The summed E-state index contributed by atoms with van der Waals surface area (Å²) in [6.45, 7) is -0.777. The van der Waals surface area contributed by atoms with Crippen LogP contribution in [0.1, 0.15) is 0 Å². The fraction of sp³-hybridized carbons (Fsp3) is 1.00. The first-order valence-electron chi connectivity index (χ1n) is 4.22. The lowest BCUT2D eigenvalue weighted by Crippen LogP contribution is -2.59. The lowest BCUT2D eigenvalue weighted by Gasteiger charge is -2.38. The van der Waals surface area contributed by atoms with Crippen molar-refractivity contribution in [3.05, 3.63) is 0 Å². The molecule has 0 spiro atoms. The molecule has 0 aromatic carbocycles. The van der Waals surface area contributed by atoms with E-state index in [2.05, 4.69) is 8.92 Å². The molecule has 0 aromatic heterocycles. The number of rotatable bonds is 3. The van der Waals surface area contributed by atoms with E-state index in [9.17, 15) is 13.5 Å². The minimum atomic E-state index is -4.88. The monoisotopic (exact) mass is 260 g/mol. The van der Waals surface area contributed by atoms with Gasteiger partial charge in [-0.15, -0.1) is 0 Å². The third kappa shape index (κ3) is 3.09. The van der Waals surface area contributed by atoms with E-state index in [1.165, 1.54) is 0 Å². The Hall–Kier alpha value is -0.330. The van der Waals surface area contributed by atoms with Crippen LogP contribution < -0.4 is 0 Å². The van der Waals surface area contributed by atoms with Crippen molar-refractivity contribution >= 4 is 10.4 Å². The molecular weight excluding hydrogens is 248 g/mol. The molecular formula is C6H12O9S. The van der Waals surface area contributed by atoms with E-state index in [4.69, 9.17) is 19.9 Å². The second-order valence-electron chi connectivity index (χ2n) is 3.22. The predicted molar refractivity (Wildman–Crippen MR) is 46.4 cm³/mol. The summed E-state index contributed by atoms with van der Waals surface area (Å²) in [7, 11) is -4.88. The van der Waals surface area contributed by atoms with Crippen LogP contribution >= 0.6 is 0 Å². The molecule has 0 bridgehead atoms. The first kappa shape index (κ1) is 13.7. The van der Waals surface area contributed by atoms with Crippen LogP contribution in [0.25, 0.3) is 0 Å². The Bertz CT molecular complexity index is 325. The first-order chi connectivity index (χ1) is 7.26. The highest BCUT2D eigenvalue weighted by atomic mass is 32.3. The van der Waals surface area contributed by atoms with Crippen molar-refractivity contribution < 1.29 is 42.3 Å². The molecule has 5 atom stereocenters. The number of hydrogen-bond acceptors (Lipinski definition) is 8. The van der Waals surface area contributed by atoms with Crippen molar-refractivity contribution in [2.24, 2.45) is 0 Å². The number of hydrogen-bond donors (Lipinski definition) is 5. The highest BCUT2D eigenvalue weighted by molar-refractivity contribution is 7.80. The number of aliphatic hydroxyl groups is 4. The minimum absolute atomic E-state index is 0.777.